The number of likely N-dealkylation sites (N-methyl/N-ethyl adjacent to an activating group) is 1. The first-order valence-electron chi connectivity index (χ1n) is 15.5. The van der Waals surface area contributed by atoms with Crippen LogP contribution >= 0.6 is 11.8 Å². The summed E-state index contributed by atoms with van der Waals surface area (Å²) in [7, 11) is 5.34. The largest absolute Gasteiger partial charge is 0.493 e. The van der Waals surface area contributed by atoms with Gasteiger partial charge in [0.15, 0.2) is 16.7 Å². The fourth-order valence-corrected chi connectivity index (χ4v) is 6.00. The lowest BCUT2D eigenvalue weighted by molar-refractivity contribution is -0.149. The second-order valence-corrected chi connectivity index (χ2v) is 13.3. The van der Waals surface area contributed by atoms with E-state index in [0.717, 1.165) is 54.2 Å². The summed E-state index contributed by atoms with van der Waals surface area (Å²) in [6.07, 6.45) is 2.37. The summed E-state index contributed by atoms with van der Waals surface area (Å²) in [4.78, 5) is 39.1. The molecule has 2 heterocycles. The van der Waals surface area contributed by atoms with Crippen LogP contribution < -0.4 is 14.4 Å². The van der Waals surface area contributed by atoms with E-state index in [1.807, 2.05) is 36.4 Å². The van der Waals surface area contributed by atoms with E-state index in [1.165, 1.54) is 0 Å². The van der Waals surface area contributed by atoms with E-state index in [1.54, 1.807) is 37.8 Å². The molecule has 3 aromatic rings. The molecule has 0 spiro atoms. The van der Waals surface area contributed by atoms with Gasteiger partial charge >= 0.3 is 5.97 Å². The molecule has 0 saturated carbocycles. The highest BCUT2D eigenvalue weighted by molar-refractivity contribution is 7.98. The minimum atomic E-state index is -0.253. The van der Waals surface area contributed by atoms with Crippen LogP contribution in [0.3, 0.4) is 0 Å². The number of anilines is 1. The number of carbonyl (C=O) groups is 2. The van der Waals surface area contributed by atoms with Crippen molar-refractivity contribution in [3.05, 3.63) is 70.9 Å². The smallest absolute Gasteiger partial charge is 0.310 e. The van der Waals surface area contributed by atoms with Gasteiger partial charge in [-0.1, -0.05) is 50.7 Å². The maximum absolute atomic E-state index is 13.2. The molecule has 1 aliphatic heterocycles. The number of piperidine rings is 1. The highest BCUT2D eigenvalue weighted by atomic mass is 32.2. The molecule has 4 rings (SSSR count). The van der Waals surface area contributed by atoms with E-state index in [9.17, 15) is 9.59 Å². The number of thioether (sulfide) groups is 1. The summed E-state index contributed by atoms with van der Waals surface area (Å²) < 4.78 is 16.0. The van der Waals surface area contributed by atoms with E-state index in [0.29, 0.717) is 41.9 Å². The molecule has 1 amide bonds. The number of carbonyl (C=O) groups excluding carboxylic acids is 2. The molecule has 0 unspecified atom stereocenters. The van der Waals surface area contributed by atoms with Gasteiger partial charge in [0.2, 0.25) is 0 Å². The van der Waals surface area contributed by atoms with Crippen LogP contribution in [0.25, 0.3) is 0 Å². The summed E-state index contributed by atoms with van der Waals surface area (Å²) in [5.74, 6) is 2.47. The molecule has 1 atom stereocenters. The number of rotatable bonds is 12. The second kappa shape index (κ2) is 15.5. The summed E-state index contributed by atoms with van der Waals surface area (Å²) in [6.45, 7) is 10.5. The zero-order valence-corrected chi connectivity index (χ0v) is 28.4. The summed E-state index contributed by atoms with van der Waals surface area (Å²) in [5.41, 5.74) is 3.70. The minimum Gasteiger partial charge on any atom is -0.493 e. The highest BCUT2D eigenvalue weighted by Gasteiger charge is 2.30. The molecule has 45 heavy (non-hydrogen) atoms. The molecule has 242 valence electrons. The number of methoxy groups -OCH3 is 2. The van der Waals surface area contributed by atoms with Crippen LogP contribution in [0.5, 0.6) is 11.5 Å². The molecular formula is C35H46N4O5S. The molecule has 10 heteroatoms. The van der Waals surface area contributed by atoms with Crippen molar-refractivity contribution in [3.8, 4) is 11.5 Å². The molecule has 1 saturated heterocycles. The van der Waals surface area contributed by atoms with E-state index < -0.39 is 0 Å². The van der Waals surface area contributed by atoms with Crippen molar-refractivity contribution in [2.24, 2.45) is 5.92 Å². The predicted octanol–water partition coefficient (Wildman–Crippen LogP) is 6.18. The van der Waals surface area contributed by atoms with Gasteiger partial charge in [-0.2, -0.15) is 0 Å². The number of hydrogen-bond donors (Lipinski definition) is 0. The predicted molar refractivity (Wildman–Crippen MR) is 179 cm³/mol. The quantitative estimate of drug-likeness (QED) is 0.132. The van der Waals surface area contributed by atoms with Crippen LogP contribution in [0.1, 0.15) is 67.7 Å². The van der Waals surface area contributed by atoms with Gasteiger partial charge in [0, 0.05) is 49.5 Å². The van der Waals surface area contributed by atoms with Gasteiger partial charge in [-0.05, 0) is 61.6 Å². The summed E-state index contributed by atoms with van der Waals surface area (Å²) >= 11 is 1.58. The number of esters is 1. The molecule has 2 aromatic carbocycles. The fraction of sp³-hybridized carbons (Fsp3) is 0.486. The van der Waals surface area contributed by atoms with Crippen LogP contribution in [0.4, 0.5) is 5.82 Å². The average Bonchev–Trinajstić information content (AvgIpc) is 3.05. The van der Waals surface area contributed by atoms with Crippen molar-refractivity contribution in [2.45, 2.75) is 63.3 Å². The lowest BCUT2D eigenvalue weighted by Gasteiger charge is -2.31. The third kappa shape index (κ3) is 9.12. The van der Waals surface area contributed by atoms with E-state index in [4.69, 9.17) is 24.2 Å². The first-order valence-corrected chi connectivity index (χ1v) is 16.5. The van der Waals surface area contributed by atoms with E-state index >= 15 is 0 Å². The standard InChI is InChI=1S/C35H46N4O5S/c1-8-44-33(41)27-10-9-18-39(22-27)32(40)26-14-11-25(12-15-26)23-45-34-36-30(35(2,3)4)21-31(37-34)38(5)19-17-24-13-16-28(42-6)29(20-24)43-7/h11-16,20-21,27H,8-10,17-19,22-23H2,1-7H3/t27-/m1/s1. The average molecular weight is 635 g/mol. The van der Waals surface area contributed by atoms with Crippen molar-refractivity contribution >= 4 is 29.5 Å². The Balaban J connectivity index is 1.41. The van der Waals surface area contributed by atoms with E-state index in [2.05, 4.69) is 44.9 Å². The number of likely N-dealkylation sites (tertiary alicyclic amines) is 1. The Morgan fingerprint density at radius 1 is 1.00 bits per heavy atom. The Hall–Kier alpha value is -3.79. The summed E-state index contributed by atoms with van der Waals surface area (Å²) in [5, 5.41) is 0.717. The number of nitrogens with zero attached hydrogens (tertiary/aromatic N) is 4. The lowest BCUT2D eigenvalue weighted by Crippen LogP contribution is -2.42. The van der Waals surface area contributed by atoms with Crippen molar-refractivity contribution in [1.82, 2.24) is 14.9 Å². The van der Waals surface area contributed by atoms with Gasteiger partial charge < -0.3 is 24.0 Å². The maximum Gasteiger partial charge on any atom is 0.310 e. The number of aromatic nitrogens is 2. The van der Waals surface area contributed by atoms with Crippen molar-refractivity contribution < 1.29 is 23.8 Å². The van der Waals surface area contributed by atoms with Gasteiger partial charge in [-0.15, -0.1) is 0 Å². The minimum absolute atomic E-state index is 0.0508. The molecule has 9 nitrogen and oxygen atoms in total. The molecule has 0 radical (unpaired) electrons. The normalized spacial score (nSPS) is 15.0. The van der Waals surface area contributed by atoms with Gasteiger partial charge in [-0.25, -0.2) is 9.97 Å². The zero-order valence-electron chi connectivity index (χ0n) is 27.6. The molecule has 0 aliphatic carbocycles. The Morgan fingerprint density at radius 3 is 2.38 bits per heavy atom. The third-order valence-corrected chi connectivity index (χ3v) is 8.85. The van der Waals surface area contributed by atoms with Crippen molar-refractivity contribution in [2.75, 3.05) is 52.4 Å². The lowest BCUT2D eigenvalue weighted by atomic mass is 9.92. The van der Waals surface area contributed by atoms with Crippen LogP contribution in [-0.4, -0.2) is 74.3 Å². The molecule has 0 N–H and O–H groups in total. The van der Waals surface area contributed by atoms with Gasteiger partial charge in [0.1, 0.15) is 5.82 Å². The van der Waals surface area contributed by atoms with Gasteiger partial charge in [0.05, 0.1) is 32.4 Å². The SMILES string of the molecule is CCOC(=O)[C@@H]1CCCN(C(=O)c2ccc(CSc3nc(N(C)CCc4ccc(OC)c(OC)c4)cc(C(C)(C)C)n3)cc2)C1. The van der Waals surface area contributed by atoms with Crippen LogP contribution in [0.2, 0.25) is 0 Å². The highest BCUT2D eigenvalue weighted by Crippen LogP contribution is 2.30. The second-order valence-electron chi connectivity index (χ2n) is 12.3. The topological polar surface area (TPSA) is 94.1 Å². The fourth-order valence-electron chi connectivity index (χ4n) is 5.19. The monoisotopic (exact) mass is 634 g/mol. The summed E-state index contributed by atoms with van der Waals surface area (Å²) in [6, 6.07) is 15.8. The first kappa shape index (κ1) is 34.1. The number of benzene rings is 2. The Labute approximate surface area is 271 Å². The molecular weight excluding hydrogens is 588 g/mol. The maximum atomic E-state index is 13.2. The third-order valence-electron chi connectivity index (χ3n) is 7.93. The zero-order chi connectivity index (χ0) is 32.6. The Bertz CT molecular complexity index is 1460. The molecule has 1 aromatic heterocycles. The van der Waals surface area contributed by atoms with Crippen LogP contribution in [0, 0.1) is 5.92 Å². The first-order chi connectivity index (χ1) is 21.5. The molecule has 1 fully saturated rings. The number of ether oxygens (including phenoxy) is 3. The van der Waals surface area contributed by atoms with Crippen LogP contribution in [-0.2, 0) is 27.1 Å². The Kier molecular flexibility index (Phi) is 11.7. The van der Waals surface area contributed by atoms with Gasteiger partial charge in [0.25, 0.3) is 5.91 Å². The van der Waals surface area contributed by atoms with E-state index in [-0.39, 0.29) is 23.2 Å². The molecule has 1 aliphatic rings. The number of hydrogen-bond acceptors (Lipinski definition) is 9. The van der Waals surface area contributed by atoms with Crippen LogP contribution in [0.15, 0.2) is 53.7 Å². The van der Waals surface area contributed by atoms with Crippen molar-refractivity contribution in [1.29, 1.82) is 0 Å². The number of amides is 1. The molecule has 0 bridgehead atoms. The van der Waals surface area contributed by atoms with Crippen molar-refractivity contribution in [3.63, 3.8) is 0 Å². The Morgan fingerprint density at radius 2 is 1.71 bits per heavy atom. The van der Waals surface area contributed by atoms with Gasteiger partial charge in [-0.3, -0.25) is 9.59 Å².